The Kier molecular flexibility index (Phi) is 2.39. The van der Waals surface area contributed by atoms with Gasteiger partial charge in [0.25, 0.3) is 0 Å². The van der Waals surface area contributed by atoms with Gasteiger partial charge in [-0.1, -0.05) is 0 Å². The van der Waals surface area contributed by atoms with Gasteiger partial charge in [0.2, 0.25) is 0 Å². The van der Waals surface area contributed by atoms with E-state index in [2.05, 4.69) is 21.1 Å². The van der Waals surface area contributed by atoms with Crippen LogP contribution in [0.3, 0.4) is 0 Å². The van der Waals surface area contributed by atoms with Gasteiger partial charge in [0.15, 0.2) is 17.1 Å². The highest BCUT2D eigenvalue weighted by atomic mass is 16.3. The van der Waals surface area contributed by atoms with Crippen LogP contribution in [0, 0.1) is 20.8 Å². The molecule has 0 radical (unpaired) electrons. The standard InChI is InChI=1S/C16H14N4O/c1-9-6-13(19-20-10(2)8-17-16(9)20)12-4-5-15-14(7-12)18-11(3)21-15/h4-8H,1-3H3. The molecule has 21 heavy (non-hydrogen) atoms. The third-order valence-electron chi connectivity index (χ3n) is 3.61. The van der Waals surface area contributed by atoms with E-state index in [-0.39, 0.29) is 0 Å². The van der Waals surface area contributed by atoms with Crippen molar-refractivity contribution in [3.05, 3.63) is 47.6 Å². The molecule has 0 atom stereocenters. The first-order valence-corrected chi connectivity index (χ1v) is 6.81. The Bertz CT molecular complexity index is 981. The first kappa shape index (κ1) is 12.1. The Labute approximate surface area is 121 Å². The van der Waals surface area contributed by atoms with E-state index in [0.717, 1.165) is 39.3 Å². The number of aromatic nitrogens is 4. The van der Waals surface area contributed by atoms with E-state index in [9.17, 15) is 0 Å². The van der Waals surface area contributed by atoms with Gasteiger partial charge in [-0.15, -0.1) is 0 Å². The van der Waals surface area contributed by atoms with Crippen LogP contribution in [-0.4, -0.2) is 19.6 Å². The quantitative estimate of drug-likeness (QED) is 0.535. The number of aryl methyl sites for hydroxylation is 3. The van der Waals surface area contributed by atoms with Crippen molar-refractivity contribution < 1.29 is 4.42 Å². The molecule has 104 valence electrons. The van der Waals surface area contributed by atoms with Gasteiger partial charge >= 0.3 is 0 Å². The zero-order chi connectivity index (χ0) is 14.6. The Hall–Kier alpha value is -2.69. The normalized spacial score (nSPS) is 11.6. The van der Waals surface area contributed by atoms with Crippen LogP contribution in [0.25, 0.3) is 28.0 Å². The highest BCUT2D eigenvalue weighted by Crippen LogP contribution is 2.25. The van der Waals surface area contributed by atoms with Crippen LogP contribution in [0.1, 0.15) is 17.1 Å². The van der Waals surface area contributed by atoms with Crippen LogP contribution < -0.4 is 0 Å². The summed E-state index contributed by atoms with van der Waals surface area (Å²) in [6.45, 7) is 5.90. The van der Waals surface area contributed by atoms with Gasteiger partial charge in [0.1, 0.15) is 5.52 Å². The number of hydrogen-bond acceptors (Lipinski definition) is 4. The van der Waals surface area contributed by atoms with Gasteiger partial charge in [0, 0.05) is 12.5 Å². The molecular formula is C16H14N4O. The molecule has 0 saturated heterocycles. The minimum atomic E-state index is 0.673. The summed E-state index contributed by atoms with van der Waals surface area (Å²) < 4.78 is 7.39. The first-order chi connectivity index (χ1) is 10.1. The van der Waals surface area contributed by atoms with E-state index in [4.69, 9.17) is 4.42 Å². The molecule has 0 unspecified atom stereocenters. The van der Waals surface area contributed by atoms with Crippen LogP contribution >= 0.6 is 0 Å². The number of imidazole rings is 1. The zero-order valence-electron chi connectivity index (χ0n) is 12.1. The lowest BCUT2D eigenvalue weighted by Crippen LogP contribution is -1.98. The van der Waals surface area contributed by atoms with Gasteiger partial charge in [-0.3, -0.25) is 0 Å². The molecule has 1 aromatic carbocycles. The van der Waals surface area contributed by atoms with E-state index in [0.29, 0.717) is 5.89 Å². The lowest BCUT2D eigenvalue weighted by atomic mass is 10.1. The summed E-state index contributed by atoms with van der Waals surface area (Å²) in [5.41, 5.74) is 6.60. The van der Waals surface area contributed by atoms with Crippen molar-refractivity contribution in [2.24, 2.45) is 0 Å². The number of benzene rings is 1. The zero-order valence-corrected chi connectivity index (χ0v) is 12.1. The molecule has 0 bridgehead atoms. The maximum atomic E-state index is 5.51. The summed E-state index contributed by atoms with van der Waals surface area (Å²) in [5, 5.41) is 4.68. The van der Waals surface area contributed by atoms with Crippen molar-refractivity contribution in [3.8, 4) is 11.3 Å². The van der Waals surface area contributed by atoms with Crippen molar-refractivity contribution in [3.63, 3.8) is 0 Å². The van der Waals surface area contributed by atoms with E-state index in [1.165, 1.54) is 0 Å². The summed E-state index contributed by atoms with van der Waals surface area (Å²) in [5.74, 6) is 0.673. The van der Waals surface area contributed by atoms with Crippen molar-refractivity contribution in [2.45, 2.75) is 20.8 Å². The van der Waals surface area contributed by atoms with Crippen LogP contribution in [0.15, 0.2) is 34.9 Å². The number of rotatable bonds is 1. The number of fused-ring (bicyclic) bond motifs is 2. The SMILES string of the molecule is Cc1nc2cc(-c3cc(C)c4ncc(C)n4n3)ccc2o1. The molecule has 4 rings (SSSR count). The maximum Gasteiger partial charge on any atom is 0.192 e. The van der Waals surface area contributed by atoms with Crippen molar-refractivity contribution in [1.82, 2.24) is 19.6 Å². The molecular weight excluding hydrogens is 264 g/mol. The van der Waals surface area contributed by atoms with Gasteiger partial charge in [-0.25, -0.2) is 14.5 Å². The summed E-state index contributed by atoms with van der Waals surface area (Å²) in [7, 11) is 0. The van der Waals surface area contributed by atoms with Crippen molar-refractivity contribution in [1.29, 1.82) is 0 Å². The van der Waals surface area contributed by atoms with E-state index in [1.807, 2.05) is 49.7 Å². The van der Waals surface area contributed by atoms with Crippen molar-refractivity contribution >= 4 is 16.7 Å². The Morgan fingerprint density at radius 3 is 2.81 bits per heavy atom. The largest absolute Gasteiger partial charge is 0.441 e. The van der Waals surface area contributed by atoms with Crippen LogP contribution in [0.5, 0.6) is 0 Å². The molecule has 5 nitrogen and oxygen atoms in total. The Morgan fingerprint density at radius 1 is 1.10 bits per heavy atom. The number of hydrogen-bond donors (Lipinski definition) is 0. The lowest BCUT2D eigenvalue weighted by molar-refractivity contribution is 0.561. The van der Waals surface area contributed by atoms with E-state index >= 15 is 0 Å². The molecule has 4 aromatic rings. The molecule has 0 N–H and O–H groups in total. The Balaban J connectivity index is 1.96. The highest BCUT2D eigenvalue weighted by Gasteiger charge is 2.10. The molecule has 0 aliphatic rings. The maximum absolute atomic E-state index is 5.51. The molecule has 5 heteroatoms. The second kappa shape index (κ2) is 4.15. The summed E-state index contributed by atoms with van der Waals surface area (Å²) >= 11 is 0. The second-order valence-corrected chi connectivity index (χ2v) is 5.26. The molecule has 0 spiro atoms. The third kappa shape index (κ3) is 1.81. The summed E-state index contributed by atoms with van der Waals surface area (Å²) in [6.07, 6.45) is 1.84. The van der Waals surface area contributed by atoms with Gasteiger partial charge < -0.3 is 4.42 Å². The van der Waals surface area contributed by atoms with E-state index in [1.54, 1.807) is 0 Å². The molecule has 3 aromatic heterocycles. The lowest BCUT2D eigenvalue weighted by Gasteiger charge is -2.05. The first-order valence-electron chi connectivity index (χ1n) is 6.81. The van der Waals surface area contributed by atoms with Crippen LogP contribution in [0.4, 0.5) is 0 Å². The van der Waals surface area contributed by atoms with Gasteiger partial charge in [-0.2, -0.15) is 5.10 Å². The van der Waals surface area contributed by atoms with Crippen molar-refractivity contribution in [2.75, 3.05) is 0 Å². The number of oxazole rings is 1. The highest BCUT2D eigenvalue weighted by molar-refractivity contribution is 5.79. The molecule has 0 aliphatic carbocycles. The average molecular weight is 278 g/mol. The molecule has 0 fully saturated rings. The molecule has 0 saturated carbocycles. The average Bonchev–Trinajstić information content (AvgIpc) is 3.01. The third-order valence-corrected chi connectivity index (χ3v) is 3.61. The fourth-order valence-corrected chi connectivity index (χ4v) is 2.58. The van der Waals surface area contributed by atoms with Gasteiger partial charge in [-0.05, 0) is 43.7 Å². The fourth-order valence-electron chi connectivity index (χ4n) is 2.58. The smallest absolute Gasteiger partial charge is 0.192 e. The van der Waals surface area contributed by atoms with Gasteiger partial charge in [0.05, 0.1) is 17.6 Å². The monoisotopic (exact) mass is 278 g/mol. The molecule has 0 aliphatic heterocycles. The second-order valence-electron chi connectivity index (χ2n) is 5.26. The van der Waals surface area contributed by atoms with E-state index < -0.39 is 0 Å². The predicted molar refractivity (Wildman–Crippen MR) is 80.2 cm³/mol. The number of nitrogens with zero attached hydrogens (tertiary/aromatic N) is 4. The minimum Gasteiger partial charge on any atom is -0.441 e. The topological polar surface area (TPSA) is 56.2 Å². The predicted octanol–water partition coefficient (Wildman–Crippen LogP) is 3.46. The summed E-state index contributed by atoms with van der Waals surface area (Å²) in [6, 6.07) is 8.00. The Morgan fingerprint density at radius 2 is 1.95 bits per heavy atom. The molecule has 3 heterocycles. The van der Waals surface area contributed by atoms with Crippen LogP contribution in [0.2, 0.25) is 0 Å². The molecule has 0 amide bonds. The van der Waals surface area contributed by atoms with Crippen LogP contribution in [-0.2, 0) is 0 Å². The summed E-state index contributed by atoms with van der Waals surface area (Å²) in [4.78, 5) is 8.76. The fraction of sp³-hybridized carbons (Fsp3) is 0.188. The minimum absolute atomic E-state index is 0.673.